The lowest BCUT2D eigenvalue weighted by atomic mass is 10.1. The highest BCUT2D eigenvalue weighted by molar-refractivity contribution is 5.86. The minimum Gasteiger partial charge on any atom is -0.383 e. The average Bonchev–Trinajstić information content (AvgIpc) is 3.39. The summed E-state index contributed by atoms with van der Waals surface area (Å²) in [5.74, 6) is 0.961. The van der Waals surface area contributed by atoms with Crippen LogP contribution in [0.1, 0.15) is 5.56 Å². The van der Waals surface area contributed by atoms with Crippen LogP contribution in [0.5, 0.6) is 0 Å². The minimum absolute atomic E-state index is 0.420. The van der Waals surface area contributed by atoms with Gasteiger partial charge >= 0.3 is 0 Å². The van der Waals surface area contributed by atoms with E-state index in [9.17, 15) is 0 Å². The first-order valence-corrected chi connectivity index (χ1v) is 9.96. The van der Waals surface area contributed by atoms with Gasteiger partial charge in [-0.2, -0.15) is 20.2 Å². The molecule has 5 aromatic rings. The molecular formula is C23H22N8. The predicted molar refractivity (Wildman–Crippen MR) is 122 cm³/mol. The molecule has 8 nitrogen and oxygen atoms in total. The van der Waals surface area contributed by atoms with Crippen molar-refractivity contribution < 1.29 is 0 Å². The van der Waals surface area contributed by atoms with Crippen molar-refractivity contribution in [1.82, 2.24) is 29.5 Å². The Bertz CT molecular complexity index is 1340. The Morgan fingerprint density at radius 1 is 0.968 bits per heavy atom. The van der Waals surface area contributed by atoms with Gasteiger partial charge in [0.15, 0.2) is 5.65 Å². The minimum atomic E-state index is 0.420. The first-order valence-electron chi connectivity index (χ1n) is 9.96. The van der Waals surface area contributed by atoms with Crippen molar-refractivity contribution in [3.05, 3.63) is 78.6 Å². The second-order valence-corrected chi connectivity index (χ2v) is 7.42. The third-order valence-corrected chi connectivity index (χ3v) is 5.22. The first kappa shape index (κ1) is 18.8. The topological polar surface area (TPSA) is 90.7 Å². The summed E-state index contributed by atoms with van der Waals surface area (Å²) in [4.78, 5) is 11.1. The number of benzene rings is 2. The first-order chi connectivity index (χ1) is 15.1. The van der Waals surface area contributed by atoms with Gasteiger partial charge in [0.1, 0.15) is 5.82 Å². The molecular weight excluding hydrogens is 388 g/mol. The molecule has 0 spiro atoms. The van der Waals surface area contributed by atoms with Crippen molar-refractivity contribution in [1.29, 1.82) is 0 Å². The summed E-state index contributed by atoms with van der Waals surface area (Å²) in [6.07, 6.45) is 3.74. The fraction of sp³-hybridized carbons (Fsp3) is 0.130. The lowest BCUT2D eigenvalue weighted by molar-refractivity contribution is 0.781. The third kappa shape index (κ3) is 3.48. The summed E-state index contributed by atoms with van der Waals surface area (Å²) in [7, 11) is 3.79. The van der Waals surface area contributed by atoms with Crippen molar-refractivity contribution in [2.24, 2.45) is 7.05 Å². The smallest absolute Gasteiger partial charge is 0.229 e. The lowest BCUT2D eigenvalue weighted by Gasteiger charge is -2.17. The van der Waals surface area contributed by atoms with Gasteiger partial charge in [-0.1, -0.05) is 48.5 Å². The van der Waals surface area contributed by atoms with Crippen LogP contribution in [0.3, 0.4) is 0 Å². The quantitative estimate of drug-likeness (QED) is 0.477. The van der Waals surface area contributed by atoms with Gasteiger partial charge in [0.25, 0.3) is 0 Å². The number of hydrogen-bond donors (Lipinski definition) is 1. The van der Waals surface area contributed by atoms with Crippen LogP contribution >= 0.6 is 0 Å². The van der Waals surface area contributed by atoms with Crippen LogP contribution in [0.4, 0.5) is 11.8 Å². The number of para-hydroxylation sites is 1. The molecule has 0 saturated heterocycles. The molecule has 3 aromatic heterocycles. The summed E-state index contributed by atoms with van der Waals surface area (Å²) in [5, 5.41) is 9.87. The molecule has 0 atom stereocenters. The summed E-state index contributed by atoms with van der Waals surface area (Å²) >= 11 is 0. The molecule has 0 amide bonds. The van der Waals surface area contributed by atoms with Gasteiger partial charge in [0.05, 0.1) is 23.0 Å². The van der Waals surface area contributed by atoms with Gasteiger partial charge in [-0.05, 0) is 12.1 Å². The Hall–Kier alpha value is -4.20. The van der Waals surface area contributed by atoms with Crippen LogP contribution in [0.15, 0.2) is 73.1 Å². The Balaban J connectivity index is 1.55. The molecule has 2 aromatic carbocycles. The van der Waals surface area contributed by atoms with Crippen LogP contribution < -0.4 is 10.6 Å². The van der Waals surface area contributed by atoms with Gasteiger partial charge in [-0.3, -0.25) is 4.68 Å². The lowest BCUT2D eigenvalue weighted by Crippen LogP contribution is -2.20. The summed E-state index contributed by atoms with van der Waals surface area (Å²) in [6, 6.07) is 20.3. The summed E-state index contributed by atoms with van der Waals surface area (Å²) in [5.41, 5.74) is 10.9. The van der Waals surface area contributed by atoms with E-state index in [4.69, 9.17) is 10.8 Å². The van der Waals surface area contributed by atoms with Crippen molar-refractivity contribution in [3.63, 3.8) is 0 Å². The number of aromatic nitrogens is 6. The predicted octanol–water partition coefficient (Wildman–Crippen LogP) is 3.43. The van der Waals surface area contributed by atoms with Crippen LogP contribution in [-0.4, -0.2) is 36.6 Å². The fourth-order valence-electron chi connectivity index (χ4n) is 3.61. The zero-order chi connectivity index (χ0) is 21.4. The number of hydrogen-bond acceptors (Lipinski definition) is 6. The molecule has 0 radical (unpaired) electrons. The van der Waals surface area contributed by atoms with E-state index in [0.29, 0.717) is 24.0 Å². The largest absolute Gasteiger partial charge is 0.383 e. The second kappa shape index (κ2) is 7.56. The number of fused-ring (bicyclic) bond motifs is 1. The van der Waals surface area contributed by atoms with Crippen molar-refractivity contribution in [3.8, 4) is 16.9 Å². The van der Waals surface area contributed by atoms with Gasteiger partial charge in [0.2, 0.25) is 5.95 Å². The number of aryl methyl sites for hydroxylation is 1. The maximum Gasteiger partial charge on any atom is 0.229 e. The Morgan fingerprint density at radius 3 is 2.42 bits per heavy atom. The molecule has 154 valence electrons. The second-order valence-electron chi connectivity index (χ2n) is 7.42. The molecule has 0 fully saturated rings. The van der Waals surface area contributed by atoms with Gasteiger partial charge in [-0.15, -0.1) is 0 Å². The average molecular weight is 410 g/mol. The molecule has 0 saturated carbocycles. The molecule has 5 rings (SSSR count). The van der Waals surface area contributed by atoms with E-state index in [0.717, 1.165) is 27.9 Å². The normalized spacial score (nSPS) is 11.2. The van der Waals surface area contributed by atoms with Crippen molar-refractivity contribution >= 4 is 22.8 Å². The number of nitrogen functional groups attached to an aromatic ring is 1. The number of nitrogens with two attached hydrogens (primary N) is 1. The zero-order valence-electron chi connectivity index (χ0n) is 17.3. The van der Waals surface area contributed by atoms with Crippen molar-refractivity contribution in [2.45, 2.75) is 6.54 Å². The van der Waals surface area contributed by atoms with E-state index in [1.807, 2.05) is 72.2 Å². The summed E-state index contributed by atoms with van der Waals surface area (Å²) < 4.78 is 3.61. The Labute approximate surface area is 179 Å². The molecule has 31 heavy (non-hydrogen) atoms. The summed E-state index contributed by atoms with van der Waals surface area (Å²) in [6.45, 7) is 0.569. The zero-order valence-corrected chi connectivity index (χ0v) is 17.3. The van der Waals surface area contributed by atoms with E-state index >= 15 is 0 Å². The molecule has 3 heterocycles. The third-order valence-electron chi connectivity index (χ3n) is 5.22. The maximum absolute atomic E-state index is 6.16. The van der Waals surface area contributed by atoms with E-state index in [1.54, 1.807) is 10.9 Å². The van der Waals surface area contributed by atoms with Crippen molar-refractivity contribution in [2.75, 3.05) is 17.7 Å². The molecule has 0 unspecified atom stereocenters. The van der Waals surface area contributed by atoms with Crippen LogP contribution in [0.2, 0.25) is 0 Å². The highest BCUT2D eigenvalue weighted by Crippen LogP contribution is 2.26. The molecule has 0 aliphatic heterocycles. The molecule has 0 aliphatic rings. The van der Waals surface area contributed by atoms with Gasteiger partial charge < -0.3 is 10.6 Å². The highest BCUT2D eigenvalue weighted by Gasteiger charge is 2.17. The van der Waals surface area contributed by atoms with E-state index in [1.165, 1.54) is 0 Å². The molecule has 8 heteroatoms. The number of anilines is 2. The molecule has 0 aliphatic carbocycles. The maximum atomic E-state index is 6.16. The van der Waals surface area contributed by atoms with E-state index in [-0.39, 0.29) is 0 Å². The van der Waals surface area contributed by atoms with Gasteiger partial charge in [-0.25, -0.2) is 4.68 Å². The Kier molecular flexibility index (Phi) is 4.59. The standard InChI is InChI=1S/C23H22N8/c1-29(23-26-21(24)19-13-25-30(2)22(19)27-23)14-17-15-31(18-11-7-4-8-12-18)28-20(17)16-9-5-3-6-10-16/h3-13,15H,14H2,1-2H3,(H2,24,26,27). The van der Waals surface area contributed by atoms with Crippen LogP contribution in [0, 0.1) is 0 Å². The monoisotopic (exact) mass is 410 g/mol. The highest BCUT2D eigenvalue weighted by atomic mass is 15.3. The molecule has 0 bridgehead atoms. The number of nitrogens with zero attached hydrogens (tertiary/aromatic N) is 7. The fourth-order valence-corrected chi connectivity index (χ4v) is 3.61. The van der Waals surface area contributed by atoms with Crippen LogP contribution in [0.25, 0.3) is 28.0 Å². The SMILES string of the molecule is CN(Cc1cn(-c2ccccc2)nc1-c1ccccc1)c1nc(N)c2cnn(C)c2n1. The van der Waals surface area contributed by atoms with E-state index in [2.05, 4.69) is 33.4 Å². The Morgan fingerprint density at radius 2 is 1.68 bits per heavy atom. The van der Waals surface area contributed by atoms with E-state index < -0.39 is 0 Å². The van der Waals surface area contributed by atoms with Gasteiger partial charge in [0, 0.05) is 38.0 Å². The number of rotatable bonds is 5. The molecule has 2 N–H and O–H groups in total. The van der Waals surface area contributed by atoms with Crippen LogP contribution in [-0.2, 0) is 13.6 Å².